The number of anilines is 1. The van der Waals surface area contributed by atoms with Crippen LogP contribution in [0.3, 0.4) is 0 Å². The lowest BCUT2D eigenvalue weighted by molar-refractivity contribution is -0.384. The number of hydrogen-bond acceptors (Lipinski definition) is 6. The molecule has 0 spiro atoms. The Labute approximate surface area is 96.5 Å². The molecule has 0 aliphatic rings. The van der Waals surface area contributed by atoms with Crippen molar-refractivity contribution in [1.29, 1.82) is 5.26 Å². The molecule has 7 heteroatoms. The summed E-state index contributed by atoms with van der Waals surface area (Å²) in [6, 6.07) is 7.06. The van der Waals surface area contributed by atoms with Crippen molar-refractivity contribution in [2.75, 3.05) is 5.43 Å². The zero-order valence-corrected chi connectivity index (χ0v) is 8.88. The normalized spacial score (nSPS) is 10.5. The van der Waals surface area contributed by atoms with E-state index in [4.69, 9.17) is 5.26 Å². The summed E-state index contributed by atoms with van der Waals surface area (Å²) < 4.78 is 0. The van der Waals surface area contributed by atoms with Crippen LogP contribution in [0, 0.1) is 21.4 Å². The van der Waals surface area contributed by atoms with E-state index in [9.17, 15) is 14.9 Å². The molecule has 0 amide bonds. The Kier molecular flexibility index (Phi) is 3.89. The first-order valence-electron chi connectivity index (χ1n) is 4.54. The number of hydrogen-bond donors (Lipinski definition) is 1. The van der Waals surface area contributed by atoms with Crippen LogP contribution < -0.4 is 5.43 Å². The predicted octanol–water partition coefficient (Wildman–Crippen LogP) is 1.48. The van der Waals surface area contributed by atoms with Crippen LogP contribution in [-0.2, 0) is 4.79 Å². The first kappa shape index (κ1) is 12.3. The Bertz CT molecular complexity index is 513. The van der Waals surface area contributed by atoms with Crippen LogP contribution in [0.4, 0.5) is 11.4 Å². The second kappa shape index (κ2) is 5.37. The molecule has 0 aliphatic heterocycles. The number of nitro groups is 1. The van der Waals surface area contributed by atoms with Gasteiger partial charge in [-0.3, -0.25) is 20.3 Å². The van der Waals surface area contributed by atoms with Crippen LogP contribution in [0.15, 0.2) is 29.4 Å². The number of benzene rings is 1. The summed E-state index contributed by atoms with van der Waals surface area (Å²) in [7, 11) is 0. The number of Topliss-reactive ketones (excluding diaryl/α,β-unsaturated/α-hetero) is 1. The van der Waals surface area contributed by atoms with Gasteiger partial charge in [-0.2, -0.15) is 10.4 Å². The second-order valence-corrected chi connectivity index (χ2v) is 3.04. The van der Waals surface area contributed by atoms with Gasteiger partial charge in [0.25, 0.3) is 5.69 Å². The molecule has 17 heavy (non-hydrogen) atoms. The number of nitriles is 1. The van der Waals surface area contributed by atoms with E-state index < -0.39 is 10.7 Å². The average molecular weight is 232 g/mol. The largest absolute Gasteiger partial charge is 0.292 e. The molecule has 0 heterocycles. The standard InChI is InChI=1S/C10H8N4O3/c1-7(15)10(6-11)13-12-8-2-4-9(5-3-8)14(16)17/h2-5,12H,1H3. The molecule has 0 radical (unpaired) electrons. The maximum absolute atomic E-state index is 10.9. The number of carbonyl (C=O) groups excluding carboxylic acids is 1. The molecule has 1 aromatic rings. The van der Waals surface area contributed by atoms with E-state index >= 15 is 0 Å². The Balaban J connectivity index is 2.80. The highest BCUT2D eigenvalue weighted by Crippen LogP contribution is 2.15. The van der Waals surface area contributed by atoms with Gasteiger partial charge in [0.2, 0.25) is 5.71 Å². The molecule has 0 aromatic heterocycles. The van der Waals surface area contributed by atoms with Crippen LogP contribution in [-0.4, -0.2) is 16.4 Å². The Morgan fingerprint density at radius 3 is 2.47 bits per heavy atom. The van der Waals surface area contributed by atoms with E-state index in [1.807, 2.05) is 0 Å². The quantitative estimate of drug-likeness (QED) is 0.480. The van der Waals surface area contributed by atoms with Gasteiger partial charge in [-0.1, -0.05) is 0 Å². The Morgan fingerprint density at radius 2 is 2.06 bits per heavy atom. The summed E-state index contributed by atoms with van der Waals surface area (Å²) in [6.45, 7) is 1.22. The average Bonchev–Trinajstić information content (AvgIpc) is 2.30. The minimum Gasteiger partial charge on any atom is -0.292 e. The summed E-state index contributed by atoms with van der Waals surface area (Å²) in [4.78, 5) is 20.7. The van der Waals surface area contributed by atoms with Gasteiger partial charge in [-0.05, 0) is 12.1 Å². The smallest absolute Gasteiger partial charge is 0.269 e. The van der Waals surface area contributed by atoms with E-state index in [1.54, 1.807) is 6.07 Å². The SMILES string of the molecule is CC(=O)C(C#N)=NNc1ccc([N+](=O)[O-])cc1. The van der Waals surface area contributed by atoms with E-state index in [1.165, 1.54) is 31.2 Å². The fraction of sp³-hybridized carbons (Fsp3) is 0.100. The molecular formula is C10H8N4O3. The number of nitro benzene ring substituents is 1. The van der Waals surface area contributed by atoms with Gasteiger partial charge >= 0.3 is 0 Å². The molecule has 0 unspecified atom stereocenters. The minimum absolute atomic E-state index is 0.0494. The second-order valence-electron chi connectivity index (χ2n) is 3.04. The van der Waals surface area contributed by atoms with Crippen molar-refractivity contribution in [3.63, 3.8) is 0 Å². The van der Waals surface area contributed by atoms with E-state index in [0.717, 1.165) is 0 Å². The highest BCUT2D eigenvalue weighted by atomic mass is 16.6. The van der Waals surface area contributed by atoms with Gasteiger partial charge < -0.3 is 0 Å². The third-order valence-electron chi connectivity index (χ3n) is 1.81. The maximum atomic E-state index is 10.9. The van der Waals surface area contributed by atoms with Gasteiger partial charge in [0.1, 0.15) is 6.07 Å². The highest BCUT2D eigenvalue weighted by Gasteiger charge is 2.05. The molecule has 1 N–H and O–H groups in total. The molecule has 1 aromatic carbocycles. The zero-order chi connectivity index (χ0) is 12.8. The van der Waals surface area contributed by atoms with Crippen molar-refractivity contribution < 1.29 is 9.72 Å². The summed E-state index contributed by atoms with van der Waals surface area (Å²) in [5.74, 6) is -0.457. The molecule has 0 aliphatic carbocycles. The topological polar surface area (TPSA) is 108 Å². The van der Waals surface area contributed by atoms with E-state index in [2.05, 4.69) is 10.5 Å². The van der Waals surface area contributed by atoms with Gasteiger partial charge in [-0.15, -0.1) is 0 Å². The molecular weight excluding hydrogens is 224 g/mol. The maximum Gasteiger partial charge on any atom is 0.269 e. The third-order valence-corrected chi connectivity index (χ3v) is 1.81. The van der Waals surface area contributed by atoms with Crippen molar-refractivity contribution in [3.05, 3.63) is 34.4 Å². The first-order chi connectivity index (χ1) is 8.04. The number of nitrogens with zero attached hydrogens (tertiary/aromatic N) is 3. The van der Waals surface area contributed by atoms with Gasteiger partial charge in [0.05, 0.1) is 10.6 Å². The van der Waals surface area contributed by atoms with Gasteiger partial charge in [-0.25, -0.2) is 0 Å². The monoisotopic (exact) mass is 232 g/mol. The lowest BCUT2D eigenvalue weighted by Gasteiger charge is -1.99. The fourth-order valence-corrected chi connectivity index (χ4v) is 0.961. The van der Waals surface area contributed by atoms with E-state index in [0.29, 0.717) is 5.69 Å². The summed E-state index contributed by atoms with van der Waals surface area (Å²) in [6.07, 6.45) is 0. The molecule has 0 atom stereocenters. The highest BCUT2D eigenvalue weighted by molar-refractivity contribution is 6.45. The molecule has 0 fully saturated rings. The summed E-state index contributed by atoms with van der Waals surface area (Å²) in [5.41, 5.74) is 2.60. The van der Waals surface area contributed by atoms with Crippen LogP contribution in [0.5, 0.6) is 0 Å². The van der Waals surface area contributed by atoms with Crippen LogP contribution in [0.2, 0.25) is 0 Å². The number of carbonyl (C=O) groups is 1. The predicted molar refractivity (Wildman–Crippen MR) is 60.4 cm³/mol. The Hall–Kier alpha value is -2.75. The number of nitrogens with one attached hydrogen (secondary N) is 1. The summed E-state index contributed by atoms with van der Waals surface area (Å²) in [5, 5.41) is 22.5. The van der Waals surface area contributed by atoms with Crippen LogP contribution in [0.1, 0.15) is 6.92 Å². The molecule has 0 saturated heterocycles. The van der Waals surface area contributed by atoms with Crippen LogP contribution in [0.25, 0.3) is 0 Å². The lowest BCUT2D eigenvalue weighted by atomic mass is 10.3. The van der Waals surface area contributed by atoms with Crippen molar-refractivity contribution in [2.45, 2.75) is 6.92 Å². The van der Waals surface area contributed by atoms with Crippen molar-refractivity contribution in [1.82, 2.24) is 0 Å². The number of rotatable bonds is 4. The molecule has 0 bridgehead atoms. The number of hydrazone groups is 1. The number of ketones is 1. The zero-order valence-electron chi connectivity index (χ0n) is 8.88. The first-order valence-corrected chi connectivity index (χ1v) is 4.54. The summed E-state index contributed by atoms with van der Waals surface area (Å²) >= 11 is 0. The van der Waals surface area contributed by atoms with Crippen molar-refractivity contribution in [3.8, 4) is 6.07 Å². The molecule has 0 saturated carbocycles. The third kappa shape index (κ3) is 3.39. The lowest BCUT2D eigenvalue weighted by Crippen LogP contribution is -2.09. The van der Waals surface area contributed by atoms with Crippen molar-refractivity contribution in [2.24, 2.45) is 5.10 Å². The van der Waals surface area contributed by atoms with E-state index in [-0.39, 0.29) is 11.4 Å². The number of non-ortho nitro benzene ring substituents is 1. The molecule has 7 nitrogen and oxygen atoms in total. The van der Waals surface area contributed by atoms with Gasteiger partial charge in [0.15, 0.2) is 5.78 Å². The van der Waals surface area contributed by atoms with Crippen molar-refractivity contribution >= 4 is 22.9 Å². The molecule has 86 valence electrons. The Morgan fingerprint density at radius 1 is 1.47 bits per heavy atom. The molecule has 1 rings (SSSR count). The minimum atomic E-state index is -0.524. The van der Waals surface area contributed by atoms with Crippen LogP contribution >= 0.6 is 0 Å². The fourth-order valence-electron chi connectivity index (χ4n) is 0.961. The van der Waals surface area contributed by atoms with Gasteiger partial charge in [0, 0.05) is 19.1 Å².